The number of aryl methyl sites for hydroxylation is 1. The summed E-state index contributed by atoms with van der Waals surface area (Å²) in [7, 11) is 1.74. The average molecular weight is 234 g/mol. The Bertz CT molecular complexity index is 767. The number of H-pyrrole nitrogens is 1. The maximum Gasteiger partial charge on any atom is 0.288 e. The zero-order chi connectivity index (χ0) is 11.3. The number of carbonyl (C=O) groups is 1. The van der Waals surface area contributed by atoms with Crippen molar-refractivity contribution in [1.82, 2.24) is 19.7 Å². The Morgan fingerprint density at radius 2 is 2.38 bits per heavy atom. The van der Waals surface area contributed by atoms with Gasteiger partial charge in [-0.25, -0.2) is 10.1 Å². The Morgan fingerprint density at radius 1 is 1.56 bits per heavy atom. The van der Waals surface area contributed by atoms with Gasteiger partial charge in [0.25, 0.3) is 5.56 Å². The highest BCUT2D eigenvalue weighted by molar-refractivity contribution is 7.21. The zero-order valence-electron chi connectivity index (χ0n) is 8.22. The van der Waals surface area contributed by atoms with Crippen molar-refractivity contribution in [3.05, 3.63) is 21.6 Å². The van der Waals surface area contributed by atoms with Crippen molar-refractivity contribution in [2.24, 2.45) is 7.05 Å². The number of nitrogens with one attached hydrogen (secondary N) is 1. The fourth-order valence-corrected chi connectivity index (χ4v) is 2.70. The molecule has 0 bridgehead atoms. The molecule has 0 aromatic carbocycles. The summed E-state index contributed by atoms with van der Waals surface area (Å²) >= 11 is 1.26. The van der Waals surface area contributed by atoms with E-state index in [0.29, 0.717) is 22.5 Å². The highest BCUT2D eigenvalue weighted by Gasteiger charge is 2.15. The van der Waals surface area contributed by atoms with Crippen molar-refractivity contribution in [3.8, 4) is 0 Å². The number of aldehydes is 1. The van der Waals surface area contributed by atoms with Crippen molar-refractivity contribution in [2.45, 2.75) is 0 Å². The standard InChI is InChI=1S/C9H6N4O2S/c1-13-6-4(2-10-12-9(6)15)7-8(13)11-5(3-14)16-7/h2-3H,1H3,(H,12,15). The molecule has 6 nitrogen and oxygen atoms in total. The molecule has 0 atom stereocenters. The molecule has 0 aliphatic carbocycles. The molecular weight excluding hydrogens is 228 g/mol. The molecule has 0 amide bonds. The molecule has 80 valence electrons. The number of nitrogens with zero attached hydrogens (tertiary/aromatic N) is 3. The summed E-state index contributed by atoms with van der Waals surface area (Å²) in [6, 6.07) is 0. The van der Waals surface area contributed by atoms with E-state index < -0.39 is 0 Å². The van der Waals surface area contributed by atoms with Crippen LogP contribution in [0.15, 0.2) is 11.0 Å². The quantitative estimate of drug-likeness (QED) is 0.628. The van der Waals surface area contributed by atoms with Crippen LogP contribution in [0, 0.1) is 0 Å². The van der Waals surface area contributed by atoms with Gasteiger partial charge in [0, 0.05) is 12.4 Å². The minimum Gasteiger partial charge on any atom is -0.323 e. The number of aromatic nitrogens is 4. The molecule has 3 aromatic heterocycles. The molecule has 3 aromatic rings. The van der Waals surface area contributed by atoms with Crippen LogP contribution < -0.4 is 5.56 Å². The van der Waals surface area contributed by atoms with E-state index in [2.05, 4.69) is 15.2 Å². The summed E-state index contributed by atoms with van der Waals surface area (Å²) in [4.78, 5) is 26.4. The summed E-state index contributed by atoms with van der Waals surface area (Å²) in [5.41, 5.74) is 0.916. The monoisotopic (exact) mass is 234 g/mol. The van der Waals surface area contributed by atoms with Gasteiger partial charge in [-0.15, -0.1) is 11.3 Å². The van der Waals surface area contributed by atoms with Gasteiger partial charge >= 0.3 is 0 Å². The molecule has 0 fully saturated rings. The molecule has 0 aliphatic rings. The Kier molecular flexibility index (Phi) is 1.72. The molecule has 0 saturated heterocycles. The topological polar surface area (TPSA) is 80.6 Å². The number of carbonyl (C=O) groups excluding carboxylic acids is 1. The lowest BCUT2D eigenvalue weighted by Gasteiger charge is -1.93. The second-order valence-corrected chi connectivity index (χ2v) is 4.37. The molecule has 16 heavy (non-hydrogen) atoms. The van der Waals surface area contributed by atoms with Crippen LogP contribution in [0.1, 0.15) is 9.80 Å². The van der Waals surface area contributed by atoms with Crippen LogP contribution >= 0.6 is 11.3 Å². The summed E-state index contributed by atoms with van der Waals surface area (Å²) < 4.78 is 2.49. The van der Waals surface area contributed by atoms with E-state index in [9.17, 15) is 9.59 Å². The Hall–Kier alpha value is -2.02. The van der Waals surface area contributed by atoms with E-state index in [4.69, 9.17) is 0 Å². The van der Waals surface area contributed by atoms with Crippen molar-refractivity contribution < 1.29 is 4.79 Å². The molecule has 0 aliphatic heterocycles. The molecule has 0 unspecified atom stereocenters. The van der Waals surface area contributed by atoms with Gasteiger partial charge in [-0.1, -0.05) is 0 Å². The van der Waals surface area contributed by atoms with Gasteiger partial charge in [-0.3, -0.25) is 9.59 Å². The third-order valence-corrected chi connectivity index (χ3v) is 3.46. The van der Waals surface area contributed by atoms with Crippen LogP contribution in [0.4, 0.5) is 0 Å². The van der Waals surface area contributed by atoms with Gasteiger partial charge in [0.1, 0.15) is 5.52 Å². The third-order valence-electron chi connectivity index (χ3n) is 2.45. The van der Waals surface area contributed by atoms with Crippen molar-refractivity contribution >= 4 is 38.9 Å². The number of rotatable bonds is 1. The van der Waals surface area contributed by atoms with Gasteiger partial charge < -0.3 is 4.57 Å². The molecule has 0 spiro atoms. The largest absolute Gasteiger partial charge is 0.323 e. The molecule has 0 radical (unpaired) electrons. The van der Waals surface area contributed by atoms with E-state index in [1.807, 2.05) is 0 Å². The Labute approximate surface area is 92.5 Å². The van der Waals surface area contributed by atoms with Gasteiger partial charge in [-0.2, -0.15) is 5.10 Å². The summed E-state index contributed by atoms with van der Waals surface area (Å²) in [5, 5.41) is 7.26. The predicted molar refractivity (Wildman–Crippen MR) is 59.9 cm³/mol. The van der Waals surface area contributed by atoms with E-state index in [1.54, 1.807) is 17.8 Å². The van der Waals surface area contributed by atoms with Gasteiger partial charge in [0.15, 0.2) is 16.9 Å². The second-order valence-electron chi connectivity index (χ2n) is 3.34. The molecular formula is C9H6N4O2S. The SMILES string of the molecule is Cn1c2nc(C=O)sc2c2cn[nH]c(=O)c21. The minimum atomic E-state index is -0.252. The highest BCUT2D eigenvalue weighted by Crippen LogP contribution is 2.29. The van der Waals surface area contributed by atoms with Crippen molar-refractivity contribution in [2.75, 3.05) is 0 Å². The minimum absolute atomic E-state index is 0.252. The number of thiazole rings is 1. The first-order valence-electron chi connectivity index (χ1n) is 4.50. The van der Waals surface area contributed by atoms with Crippen LogP contribution in [-0.4, -0.2) is 26.0 Å². The van der Waals surface area contributed by atoms with Crippen LogP contribution in [0.25, 0.3) is 21.3 Å². The third kappa shape index (κ3) is 1.00. The molecule has 0 saturated carbocycles. The first-order chi connectivity index (χ1) is 7.72. The lowest BCUT2D eigenvalue weighted by atomic mass is 10.4. The first-order valence-corrected chi connectivity index (χ1v) is 5.32. The number of hydrogen-bond donors (Lipinski definition) is 1. The van der Waals surface area contributed by atoms with Crippen LogP contribution in [0.5, 0.6) is 0 Å². The predicted octanol–water partition coefficient (Wildman–Crippen LogP) is 0.684. The van der Waals surface area contributed by atoms with Gasteiger partial charge in [-0.05, 0) is 0 Å². The number of hydrogen-bond acceptors (Lipinski definition) is 5. The van der Waals surface area contributed by atoms with Crippen LogP contribution in [-0.2, 0) is 7.05 Å². The van der Waals surface area contributed by atoms with Gasteiger partial charge in [0.05, 0.1) is 10.9 Å². The molecule has 3 rings (SSSR count). The normalized spacial score (nSPS) is 11.3. The van der Waals surface area contributed by atoms with E-state index >= 15 is 0 Å². The van der Waals surface area contributed by atoms with E-state index in [1.165, 1.54) is 11.3 Å². The maximum absolute atomic E-state index is 11.6. The zero-order valence-corrected chi connectivity index (χ0v) is 9.04. The molecule has 7 heteroatoms. The Balaban J connectivity index is 2.63. The fourth-order valence-electron chi connectivity index (χ4n) is 1.78. The summed E-state index contributed by atoms with van der Waals surface area (Å²) in [6.45, 7) is 0. The fraction of sp³-hybridized carbons (Fsp3) is 0.111. The van der Waals surface area contributed by atoms with Crippen molar-refractivity contribution in [1.29, 1.82) is 0 Å². The first kappa shape index (κ1) is 9.22. The molecule has 3 heterocycles. The van der Waals surface area contributed by atoms with E-state index in [-0.39, 0.29) is 5.56 Å². The smallest absolute Gasteiger partial charge is 0.288 e. The van der Waals surface area contributed by atoms with Crippen molar-refractivity contribution in [3.63, 3.8) is 0 Å². The van der Waals surface area contributed by atoms with Gasteiger partial charge in [0.2, 0.25) is 0 Å². The lowest BCUT2D eigenvalue weighted by molar-refractivity contribution is 0.112. The highest BCUT2D eigenvalue weighted by atomic mass is 32.1. The summed E-state index contributed by atoms with van der Waals surface area (Å²) in [5.74, 6) is 0. The second kappa shape index (κ2) is 2.99. The Morgan fingerprint density at radius 3 is 3.12 bits per heavy atom. The molecule has 1 N–H and O–H groups in total. The summed E-state index contributed by atoms with van der Waals surface area (Å²) in [6.07, 6.45) is 2.28. The van der Waals surface area contributed by atoms with Crippen LogP contribution in [0.2, 0.25) is 0 Å². The maximum atomic E-state index is 11.6. The van der Waals surface area contributed by atoms with E-state index in [0.717, 1.165) is 10.1 Å². The lowest BCUT2D eigenvalue weighted by Crippen LogP contribution is -2.10. The number of fused-ring (bicyclic) bond motifs is 3. The average Bonchev–Trinajstić information content (AvgIpc) is 2.80. The van der Waals surface area contributed by atoms with Crippen LogP contribution in [0.3, 0.4) is 0 Å². The number of aromatic amines is 1.